The second kappa shape index (κ2) is 30.7. The number of amides is 8. The fourth-order valence-electron chi connectivity index (χ4n) is 12.7. The molecule has 0 spiro atoms. The van der Waals surface area contributed by atoms with Crippen molar-refractivity contribution in [3.63, 3.8) is 0 Å². The summed E-state index contributed by atoms with van der Waals surface area (Å²) < 4.78 is 6.14. The highest BCUT2D eigenvalue weighted by Crippen LogP contribution is 2.32. The van der Waals surface area contributed by atoms with E-state index in [1.54, 1.807) is 53.7 Å². The van der Waals surface area contributed by atoms with Crippen molar-refractivity contribution in [3.8, 4) is 11.1 Å². The highest BCUT2D eigenvalue weighted by Gasteiger charge is 2.48. The number of aliphatic hydroxyl groups is 1. The number of carbonyl (C=O) groups excluding carboxylic acids is 9. The van der Waals surface area contributed by atoms with Gasteiger partial charge < -0.3 is 50.3 Å². The number of benzene rings is 4. The Morgan fingerprint density at radius 2 is 1.12 bits per heavy atom. The lowest BCUT2D eigenvalue weighted by Crippen LogP contribution is -2.63. The maximum atomic E-state index is 15.8. The number of hydrogen-bond acceptors (Lipinski definition) is 11. The van der Waals surface area contributed by atoms with Crippen LogP contribution in [0, 0.1) is 29.6 Å². The van der Waals surface area contributed by atoms with Crippen LogP contribution in [0.1, 0.15) is 126 Å². The number of rotatable bonds is 14. The van der Waals surface area contributed by atoms with Crippen LogP contribution in [-0.4, -0.2) is 178 Å². The second-order valence-electron chi connectivity index (χ2n) is 26.4. The fourth-order valence-corrected chi connectivity index (χ4v) is 12.7. The van der Waals surface area contributed by atoms with E-state index in [0.717, 1.165) is 26.8 Å². The van der Waals surface area contributed by atoms with Crippen LogP contribution in [0.2, 0.25) is 0 Å². The number of likely N-dealkylation sites (N-methyl/N-ethyl adjacent to an activating group) is 4. The van der Waals surface area contributed by atoms with Crippen LogP contribution >= 0.6 is 0 Å². The molecule has 4 N–H and O–H groups in total. The fraction of sp³-hybridized carbons (Fsp3) is 0.557. The molecule has 484 valence electrons. The van der Waals surface area contributed by atoms with Gasteiger partial charge in [-0.1, -0.05) is 173 Å². The summed E-state index contributed by atoms with van der Waals surface area (Å²) in [6, 6.07) is 20.6. The van der Waals surface area contributed by atoms with Crippen LogP contribution in [0.4, 0.5) is 0 Å². The third-order valence-electron chi connectivity index (χ3n) is 18.0. The first-order chi connectivity index (χ1) is 41.9. The molecule has 0 aliphatic carbocycles. The smallest absolute Gasteiger partial charge is 0.332 e. The lowest BCUT2D eigenvalue weighted by Gasteiger charge is -2.39. The van der Waals surface area contributed by atoms with E-state index in [1.165, 1.54) is 61.6 Å². The van der Waals surface area contributed by atoms with E-state index in [2.05, 4.69) is 16.0 Å². The molecule has 6 rings (SSSR count). The molecule has 4 aromatic carbocycles. The van der Waals surface area contributed by atoms with Crippen molar-refractivity contribution in [2.45, 2.75) is 188 Å². The van der Waals surface area contributed by atoms with Gasteiger partial charge in [-0.3, -0.25) is 38.4 Å². The highest BCUT2D eigenvalue weighted by atomic mass is 16.6. The predicted octanol–water partition coefficient (Wildman–Crippen LogP) is 7.19. The molecule has 2 aliphatic heterocycles. The molecule has 2 heterocycles. The number of fused-ring (bicyclic) bond motifs is 2. The molecule has 19 heteroatoms. The summed E-state index contributed by atoms with van der Waals surface area (Å²) in [4.78, 5) is 143. The van der Waals surface area contributed by atoms with E-state index in [4.69, 9.17) is 4.74 Å². The van der Waals surface area contributed by atoms with Gasteiger partial charge >= 0.3 is 5.97 Å². The van der Waals surface area contributed by atoms with Crippen molar-refractivity contribution in [1.82, 2.24) is 40.4 Å². The van der Waals surface area contributed by atoms with Gasteiger partial charge in [0.15, 0.2) is 12.1 Å². The van der Waals surface area contributed by atoms with E-state index >= 15 is 28.8 Å². The molecule has 2 saturated heterocycles. The summed E-state index contributed by atoms with van der Waals surface area (Å²) in [5.41, 5.74) is 1.24. The summed E-state index contributed by atoms with van der Waals surface area (Å²) >= 11 is 0. The molecule has 4 aromatic rings. The second-order valence-corrected chi connectivity index (χ2v) is 26.4. The Morgan fingerprint density at radius 1 is 0.573 bits per heavy atom. The van der Waals surface area contributed by atoms with Crippen LogP contribution in [0.3, 0.4) is 0 Å². The molecular formula is C70H98N8O11. The lowest BCUT2D eigenvalue weighted by molar-refractivity contribution is -0.177. The number of ether oxygens (including phenoxy) is 1. The maximum absolute atomic E-state index is 15.8. The molecule has 2 fully saturated rings. The molecule has 0 aromatic heterocycles. The Morgan fingerprint density at radius 3 is 1.72 bits per heavy atom. The molecule has 89 heavy (non-hydrogen) atoms. The minimum Gasteiger partial charge on any atom is -0.450 e. The molecule has 0 radical (unpaired) electrons. The molecule has 1 unspecified atom stereocenters. The number of cyclic esters (lactones) is 1. The van der Waals surface area contributed by atoms with Crippen LogP contribution < -0.4 is 16.0 Å². The van der Waals surface area contributed by atoms with Gasteiger partial charge in [-0.05, 0) is 96.2 Å². The number of nitrogens with one attached hydrogen (secondary N) is 3. The predicted molar refractivity (Wildman–Crippen MR) is 344 cm³/mol. The molecule has 19 nitrogen and oxygen atoms in total. The Hall–Kier alpha value is -7.67. The molecular weight excluding hydrogens is 1130 g/mol. The number of hydrogen-bond donors (Lipinski definition) is 4. The molecule has 0 bridgehead atoms. The van der Waals surface area contributed by atoms with E-state index in [-0.39, 0.29) is 38.1 Å². The maximum Gasteiger partial charge on any atom is 0.332 e. The molecule has 0 saturated carbocycles. The highest BCUT2D eigenvalue weighted by molar-refractivity contribution is 6.00. The zero-order valence-electron chi connectivity index (χ0n) is 55.2. The van der Waals surface area contributed by atoms with Crippen LogP contribution in [0.25, 0.3) is 21.9 Å². The molecule has 2 aliphatic rings. The van der Waals surface area contributed by atoms with Gasteiger partial charge in [-0.25, -0.2) is 4.79 Å². The minimum absolute atomic E-state index is 0.0106. The first-order valence-corrected chi connectivity index (χ1v) is 31.8. The lowest BCUT2D eigenvalue weighted by atomic mass is 9.93. The van der Waals surface area contributed by atoms with Gasteiger partial charge in [-0.2, -0.15) is 0 Å². The normalized spacial score (nSPS) is 24.9. The van der Waals surface area contributed by atoms with Crippen LogP contribution in [0.5, 0.6) is 0 Å². The first kappa shape index (κ1) is 70.4. The molecule has 11 atom stereocenters. The summed E-state index contributed by atoms with van der Waals surface area (Å²) in [6.07, 6.45) is -0.0725. The van der Waals surface area contributed by atoms with Crippen molar-refractivity contribution in [2.24, 2.45) is 29.6 Å². The third-order valence-corrected chi connectivity index (χ3v) is 18.0. The van der Waals surface area contributed by atoms with Crippen molar-refractivity contribution < 1.29 is 53.0 Å². The Labute approximate surface area is 527 Å². The quantitative estimate of drug-likeness (QED) is 0.0923. The third kappa shape index (κ3) is 16.8. The van der Waals surface area contributed by atoms with Crippen LogP contribution in [-0.2, 0) is 60.7 Å². The van der Waals surface area contributed by atoms with Crippen molar-refractivity contribution in [3.05, 3.63) is 108 Å². The minimum atomic E-state index is -1.98. The summed E-state index contributed by atoms with van der Waals surface area (Å²) in [5.74, 6) is -8.82. The van der Waals surface area contributed by atoms with E-state index in [9.17, 15) is 19.5 Å². The number of esters is 1. The van der Waals surface area contributed by atoms with Gasteiger partial charge in [-0.15, -0.1) is 0 Å². The SMILES string of the molecule is CC[C@H](C)[C@@H]1NC(=O)[C@@H]2CCCN2C(=O)[C@H](Cc2cccc(-c3cccc4ccccc34)c2)N(C)C(=O)[C@H](Cc2ccccc2)NC(=O)C(C(C)C)N(C)C(=O)[C@@H]([C@@H](C)CC)OC(=O)[C@H](C(C)(C)O)N(C)C(=O)[C@H](CC(C)C)NC(=O)[C@H](C(C)C)N(C)C1=O. The van der Waals surface area contributed by atoms with Gasteiger partial charge in [0.05, 0.1) is 5.60 Å². The monoisotopic (exact) mass is 1230 g/mol. The topological polar surface area (TPSA) is 235 Å². The van der Waals surface area contributed by atoms with Crippen molar-refractivity contribution in [1.29, 1.82) is 0 Å². The average Bonchev–Trinajstić information content (AvgIpc) is 4.18. The van der Waals surface area contributed by atoms with E-state index in [0.29, 0.717) is 30.4 Å². The first-order valence-electron chi connectivity index (χ1n) is 31.8. The summed E-state index contributed by atoms with van der Waals surface area (Å²) in [5, 5.41) is 22.7. The van der Waals surface area contributed by atoms with Crippen molar-refractivity contribution >= 4 is 64.0 Å². The van der Waals surface area contributed by atoms with E-state index < -0.39 is 137 Å². The summed E-state index contributed by atoms with van der Waals surface area (Å²) in [7, 11) is 5.70. The van der Waals surface area contributed by atoms with Gasteiger partial charge in [0.1, 0.15) is 42.3 Å². The van der Waals surface area contributed by atoms with Crippen molar-refractivity contribution in [2.75, 3.05) is 34.7 Å². The van der Waals surface area contributed by atoms with Gasteiger partial charge in [0.2, 0.25) is 41.4 Å². The van der Waals surface area contributed by atoms with E-state index in [1.807, 2.05) is 113 Å². The largest absolute Gasteiger partial charge is 0.450 e. The van der Waals surface area contributed by atoms with Gasteiger partial charge in [0, 0.05) is 53.5 Å². The number of carbonyl (C=O) groups is 9. The molecule has 8 amide bonds. The average molecular weight is 1230 g/mol. The standard InChI is InChI=1S/C70H98N8O11/c1-17-44(9)56-67(85)75(14)57(42(5)6)62(80)71-52(37-41(3)4)65(83)77(16)60(70(11,12)88)69(87)89-59(45(10)18-2)68(86)76(15)58(43(7)8)63(81)72-53(39-46-27-20-19-21-28-46)64(82)74(13)55(66(84)78-36-26-35-54(78)61(79)73-56)40-47-29-24-32-49(38-47)51-34-25-31-48-30-22-23-33-50(48)51/h19-25,27-34,38,41-45,52-60,88H,17-18,26,35-37,39-40H2,1-16H3,(H,71,80)(H,72,81)(H,73,79)/t44-,45-,52-,53-,54-,55-,56-,57-,58?,59+,60+/m0/s1. The Kier molecular flexibility index (Phi) is 24.3. The van der Waals surface area contributed by atoms with Crippen LogP contribution in [0.15, 0.2) is 97.1 Å². The zero-order chi connectivity index (χ0) is 65.9. The number of nitrogens with zero attached hydrogens (tertiary/aromatic N) is 5. The summed E-state index contributed by atoms with van der Waals surface area (Å²) in [6.45, 7) is 20.7. The Balaban J connectivity index is 1.53. The zero-order valence-corrected chi connectivity index (χ0v) is 55.2. The Bertz CT molecular complexity index is 3160. The van der Waals surface area contributed by atoms with Gasteiger partial charge in [0.25, 0.3) is 5.91 Å².